The third-order valence-corrected chi connectivity index (χ3v) is 2.96. The monoisotopic (exact) mass is 250 g/mol. The van der Waals surface area contributed by atoms with E-state index in [1.807, 2.05) is 6.07 Å². The normalized spacial score (nSPS) is 15.4. The molecule has 0 fully saturated rings. The maximum absolute atomic E-state index is 5.57. The standard InChI is InChI=1S/C14H22N2O2/c1-3-15-9-11(2)16-10-12-4-5-13-14(8-12)18-7-6-17-13/h4-5,8,11,15-16H,3,6-7,9-10H2,1-2H3. The molecule has 0 bridgehead atoms. The van der Waals surface area contributed by atoms with E-state index in [1.165, 1.54) is 5.56 Å². The predicted octanol–water partition coefficient (Wildman–Crippen LogP) is 1.55. The molecule has 4 heteroatoms. The fourth-order valence-electron chi connectivity index (χ4n) is 1.92. The summed E-state index contributed by atoms with van der Waals surface area (Å²) in [4.78, 5) is 0. The van der Waals surface area contributed by atoms with Crippen LogP contribution in [0.25, 0.3) is 0 Å². The molecule has 2 rings (SSSR count). The van der Waals surface area contributed by atoms with Gasteiger partial charge in [-0.1, -0.05) is 13.0 Å². The number of rotatable bonds is 6. The number of likely N-dealkylation sites (N-methyl/N-ethyl adjacent to an activating group) is 1. The van der Waals surface area contributed by atoms with Gasteiger partial charge < -0.3 is 20.1 Å². The summed E-state index contributed by atoms with van der Waals surface area (Å²) in [5.74, 6) is 1.71. The van der Waals surface area contributed by atoms with E-state index in [0.717, 1.165) is 31.1 Å². The van der Waals surface area contributed by atoms with Crippen LogP contribution in [0.3, 0.4) is 0 Å². The summed E-state index contributed by atoms with van der Waals surface area (Å²) in [6.45, 7) is 8.43. The second-order valence-corrected chi connectivity index (χ2v) is 4.57. The maximum atomic E-state index is 5.57. The van der Waals surface area contributed by atoms with Gasteiger partial charge in [-0.05, 0) is 31.2 Å². The summed E-state index contributed by atoms with van der Waals surface area (Å²) in [6, 6.07) is 6.58. The third-order valence-electron chi connectivity index (χ3n) is 2.96. The minimum Gasteiger partial charge on any atom is -0.486 e. The van der Waals surface area contributed by atoms with Crippen LogP contribution < -0.4 is 20.1 Å². The molecule has 0 aromatic heterocycles. The van der Waals surface area contributed by atoms with Crippen LogP contribution >= 0.6 is 0 Å². The fourth-order valence-corrected chi connectivity index (χ4v) is 1.92. The highest BCUT2D eigenvalue weighted by Crippen LogP contribution is 2.30. The molecule has 1 aromatic rings. The van der Waals surface area contributed by atoms with Crippen molar-refractivity contribution in [1.82, 2.24) is 10.6 Å². The first-order valence-electron chi connectivity index (χ1n) is 6.62. The van der Waals surface area contributed by atoms with Crippen molar-refractivity contribution in [2.75, 3.05) is 26.3 Å². The molecule has 1 heterocycles. The lowest BCUT2D eigenvalue weighted by molar-refractivity contribution is 0.171. The van der Waals surface area contributed by atoms with Crippen molar-refractivity contribution >= 4 is 0 Å². The van der Waals surface area contributed by atoms with Crippen LogP contribution in [-0.2, 0) is 6.54 Å². The van der Waals surface area contributed by atoms with E-state index in [0.29, 0.717) is 19.3 Å². The lowest BCUT2D eigenvalue weighted by Gasteiger charge is -2.19. The molecule has 18 heavy (non-hydrogen) atoms. The Morgan fingerprint density at radius 3 is 2.78 bits per heavy atom. The summed E-state index contributed by atoms with van der Waals surface area (Å²) in [5, 5.41) is 6.81. The number of hydrogen-bond donors (Lipinski definition) is 2. The summed E-state index contributed by atoms with van der Waals surface area (Å²) in [7, 11) is 0. The quantitative estimate of drug-likeness (QED) is 0.804. The van der Waals surface area contributed by atoms with Crippen LogP contribution in [0.4, 0.5) is 0 Å². The SMILES string of the molecule is CCNCC(C)NCc1ccc2c(c1)OCCO2. The van der Waals surface area contributed by atoms with Gasteiger partial charge in [-0.15, -0.1) is 0 Å². The Bertz CT molecular complexity index is 382. The van der Waals surface area contributed by atoms with Crippen molar-refractivity contribution in [1.29, 1.82) is 0 Å². The Morgan fingerprint density at radius 2 is 2.00 bits per heavy atom. The second kappa shape index (κ2) is 6.61. The largest absolute Gasteiger partial charge is 0.486 e. The Kier molecular flexibility index (Phi) is 4.84. The molecule has 0 radical (unpaired) electrons. The van der Waals surface area contributed by atoms with Crippen molar-refractivity contribution in [3.05, 3.63) is 23.8 Å². The summed E-state index contributed by atoms with van der Waals surface area (Å²) >= 11 is 0. The van der Waals surface area contributed by atoms with Crippen molar-refractivity contribution in [2.45, 2.75) is 26.4 Å². The molecular weight excluding hydrogens is 228 g/mol. The molecule has 1 aliphatic heterocycles. The van der Waals surface area contributed by atoms with Gasteiger partial charge in [-0.3, -0.25) is 0 Å². The highest BCUT2D eigenvalue weighted by molar-refractivity contribution is 5.43. The highest BCUT2D eigenvalue weighted by Gasteiger charge is 2.11. The Hall–Kier alpha value is -1.26. The minimum absolute atomic E-state index is 0.457. The molecular formula is C14H22N2O2. The summed E-state index contributed by atoms with van der Waals surface area (Å²) < 4.78 is 11.1. The van der Waals surface area contributed by atoms with Gasteiger partial charge in [0.05, 0.1) is 0 Å². The number of benzene rings is 1. The lowest BCUT2D eigenvalue weighted by atomic mass is 10.2. The van der Waals surface area contributed by atoms with Crippen LogP contribution in [0.1, 0.15) is 19.4 Å². The van der Waals surface area contributed by atoms with Crippen molar-refractivity contribution in [3.63, 3.8) is 0 Å². The van der Waals surface area contributed by atoms with Gasteiger partial charge >= 0.3 is 0 Å². The van der Waals surface area contributed by atoms with E-state index in [2.05, 4.69) is 36.6 Å². The molecule has 1 atom stereocenters. The van der Waals surface area contributed by atoms with Crippen LogP contribution in [-0.4, -0.2) is 32.3 Å². The Balaban J connectivity index is 1.86. The molecule has 2 N–H and O–H groups in total. The van der Waals surface area contributed by atoms with Gasteiger partial charge in [0.2, 0.25) is 0 Å². The summed E-state index contributed by atoms with van der Waals surface area (Å²) in [6.07, 6.45) is 0. The second-order valence-electron chi connectivity index (χ2n) is 4.57. The zero-order valence-corrected chi connectivity index (χ0v) is 11.2. The molecule has 0 spiro atoms. The van der Waals surface area contributed by atoms with Gasteiger partial charge in [-0.25, -0.2) is 0 Å². The zero-order chi connectivity index (χ0) is 12.8. The first-order valence-corrected chi connectivity index (χ1v) is 6.62. The fraction of sp³-hybridized carbons (Fsp3) is 0.571. The van der Waals surface area contributed by atoms with Crippen LogP contribution in [0.2, 0.25) is 0 Å². The highest BCUT2D eigenvalue weighted by atomic mass is 16.6. The van der Waals surface area contributed by atoms with E-state index < -0.39 is 0 Å². The van der Waals surface area contributed by atoms with Crippen molar-refractivity contribution in [2.24, 2.45) is 0 Å². The van der Waals surface area contributed by atoms with Crippen molar-refractivity contribution in [3.8, 4) is 11.5 Å². The molecule has 0 aliphatic carbocycles. The average molecular weight is 250 g/mol. The third kappa shape index (κ3) is 3.62. The predicted molar refractivity (Wildman–Crippen MR) is 72.3 cm³/mol. The first-order chi connectivity index (χ1) is 8.79. The van der Waals surface area contributed by atoms with E-state index in [1.54, 1.807) is 0 Å². The summed E-state index contributed by atoms with van der Waals surface area (Å²) in [5.41, 5.74) is 1.22. The molecule has 100 valence electrons. The van der Waals surface area contributed by atoms with Crippen LogP contribution in [0, 0.1) is 0 Å². The average Bonchev–Trinajstić information content (AvgIpc) is 2.42. The molecule has 1 aromatic carbocycles. The van der Waals surface area contributed by atoms with Gasteiger partial charge in [0.15, 0.2) is 11.5 Å². The Morgan fingerprint density at radius 1 is 1.22 bits per heavy atom. The molecule has 0 amide bonds. The number of fused-ring (bicyclic) bond motifs is 1. The number of ether oxygens (including phenoxy) is 2. The molecule has 0 saturated heterocycles. The smallest absolute Gasteiger partial charge is 0.161 e. The molecule has 1 unspecified atom stereocenters. The number of nitrogens with one attached hydrogen (secondary N) is 2. The maximum Gasteiger partial charge on any atom is 0.161 e. The minimum atomic E-state index is 0.457. The molecule has 0 saturated carbocycles. The van der Waals surface area contributed by atoms with E-state index in [4.69, 9.17) is 9.47 Å². The van der Waals surface area contributed by atoms with E-state index in [-0.39, 0.29) is 0 Å². The lowest BCUT2D eigenvalue weighted by Crippen LogP contribution is -2.35. The van der Waals surface area contributed by atoms with E-state index >= 15 is 0 Å². The number of hydrogen-bond acceptors (Lipinski definition) is 4. The first kappa shape index (κ1) is 13.2. The molecule has 4 nitrogen and oxygen atoms in total. The van der Waals surface area contributed by atoms with Crippen LogP contribution in [0.15, 0.2) is 18.2 Å². The Labute approximate surface area is 109 Å². The zero-order valence-electron chi connectivity index (χ0n) is 11.2. The van der Waals surface area contributed by atoms with Gasteiger partial charge in [0.25, 0.3) is 0 Å². The van der Waals surface area contributed by atoms with E-state index in [9.17, 15) is 0 Å². The topological polar surface area (TPSA) is 42.5 Å². The molecule has 1 aliphatic rings. The van der Waals surface area contributed by atoms with Crippen LogP contribution in [0.5, 0.6) is 11.5 Å². The van der Waals surface area contributed by atoms with Gasteiger partial charge in [0, 0.05) is 19.1 Å². The van der Waals surface area contributed by atoms with Gasteiger partial charge in [0.1, 0.15) is 13.2 Å². The van der Waals surface area contributed by atoms with Gasteiger partial charge in [-0.2, -0.15) is 0 Å². The van der Waals surface area contributed by atoms with Crippen molar-refractivity contribution < 1.29 is 9.47 Å².